The fourth-order valence-corrected chi connectivity index (χ4v) is 3.50. The van der Waals surface area contributed by atoms with Crippen molar-refractivity contribution in [2.45, 2.75) is 97.7 Å². The lowest BCUT2D eigenvalue weighted by Crippen LogP contribution is -2.22. The maximum atomic E-state index is 12.4. The van der Waals surface area contributed by atoms with Crippen LogP contribution in [0.2, 0.25) is 0 Å². The van der Waals surface area contributed by atoms with E-state index in [2.05, 4.69) is 34.6 Å². The third-order valence-electron chi connectivity index (χ3n) is 5.88. The molecule has 0 aromatic heterocycles. The zero-order valence-electron chi connectivity index (χ0n) is 21.8. The fourth-order valence-electron chi connectivity index (χ4n) is 3.50. The van der Waals surface area contributed by atoms with Gasteiger partial charge in [0.2, 0.25) is 6.29 Å². The first kappa shape index (κ1) is 28.5. The Morgan fingerprint density at radius 2 is 1.03 bits per heavy atom. The standard InChI is InChI=1S/C29H40O6/c1-6-7-8-9-10-11-12-27(32-34-28(30)25-17-13-23(14-18-25)21(2)3)33-35-29(31)26-19-15-24(16-20-26)22(4)5/h13-22,27H,6-12H2,1-5H3. The smallest absolute Gasteiger partial charge is 0.290 e. The van der Waals surface area contributed by atoms with Crippen molar-refractivity contribution >= 4 is 11.9 Å². The van der Waals surface area contributed by atoms with Crippen molar-refractivity contribution in [3.63, 3.8) is 0 Å². The monoisotopic (exact) mass is 484 g/mol. The van der Waals surface area contributed by atoms with Gasteiger partial charge >= 0.3 is 11.9 Å². The summed E-state index contributed by atoms with van der Waals surface area (Å²) in [4.78, 5) is 45.4. The number of benzene rings is 2. The van der Waals surface area contributed by atoms with Crippen LogP contribution in [0, 0.1) is 0 Å². The lowest BCUT2D eigenvalue weighted by atomic mass is 10.0. The molecule has 0 saturated heterocycles. The average molecular weight is 485 g/mol. The number of carbonyl (C=O) groups excluding carboxylic acids is 2. The van der Waals surface area contributed by atoms with Crippen molar-refractivity contribution in [2.75, 3.05) is 0 Å². The summed E-state index contributed by atoms with van der Waals surface area (Å²) in [6.07, 6.45) is 5.84. The normalized spacial score (nSPS) is 11.3. The van der Waals surface area contributed by atoms with Gasteiger partial charge in [0, 0.05) is 6.42 Å². The van der Waals surface area contributed by atoms with E-state index in [9.17, 15) is 9.59 Å². The molecule has 0 saturated carbocycles. The van der Waals surface area contributed by atoms with Crippen molar-refractivity contribution in [1.29, 1.82) is 0 Å². The second kappa shape index (κ2) is 15.3. The molecule has 0 bridgehead atoms. The molecule has 0 aliphatic heterocycles. The van der Waals surface area contributed by atoms with Crippen LogP contribution in [0.4, 0.5) is 0 Å². The Hall–Kier alpha value is -2.70. The van der Waals surface area contributed by atoms with Crippen LogP contribution in [0.15, 0.2) is 48.5 Å². The van der Waals surface area contributed by atoms with Crippen LogP contribution in [0.1, 0.15) is 123 Å². The van der Waals surface area contributed by atoms with E-state index in [-0.39, 0.29) is 0 Å². The lowest BCUT2D eigenvalue weighted by molar-refractivity contribution is -0.421. The predicted octanol–water partition coefficient (Wildman–Crippen LogP) is 7.89. The molecule has 0 amide bonds. The van der Waals surface area contributed by atoms with Gasteiger partial charge in [0.1, 0.15) is 0 Å². The highest BCUT2D eigenvalue weighted by Crippen LogP contribution is 2.18. The molecular weight excluding hydrogens is 444 g/mol. The molecule has 0 atom stereocenters. The van der Waals surface area contributed by atoms with Gasteiger partial charge in [-0.25, -0.2) is 9.59 Å². The zero-order valence-corrected chi connectivity index (χ0v) is 21.8. The average Bonchev–Trinajstić information content (AvgIpc) is 2.86. The largest absolute Gasteiger partial charge is 0.373 e. The van der Waals surface area contributed by atoms with E-state index in [1.165, 1.54) is 19.3 Å². The molecule has 0 radical (unpaired) electrons. The quantitative estimate of drug-likeness (QED) is 0.111. The number of unbranched alkanes of at least 4 members (excludes halogenated alkanes) is 5. The molecule has 0 aliphatic carbocycles. The summed E-state index contributed by atoms with van der Waals surface area (Å²) < 4.78 is 0. The minimum absolute atomic E-state index is 0.364. The van der Waals surface area contributed by atoms with Crippen molar-refractivity contribution < 1.29 is 29.1 Å². The van der Waals surface area contributed by atoms with Gasteiger partial charge in [0.05, 0.1) is 11.1 Å². The van der Waals surface area contributed by atoms with Crippen molar-refractivity contribution in [2.24, 2.45) is 0 Å². The van der Waals surface area contributed by atoms with Crippen molar-refractivity contribution in [1.82, 2.24) is 0 Å². The summed E-state index contributed by atoms with van der Waals surface area (Å²) >= 11 is 0. The number of hydrogen-bond acceptors (Lipinski definition) is 6. The molecule has 35 heavy (non-hydrogen) atoms. The van der Waals surface area contributed by atoms with Gasteiger partial charge < -0.3 is 0 Å². The minimum Gasteiger partial charge on any atom is -0.290 e. The van der Waals surface area contributed by atoms with Crippen LogP contribution in [0.3, 0.4) is 0 Å². The van der Waals surface area contributed by atoms with E-state index in [1.54, 1.807) is 24.3 Å². The number of rotatable bonds is 15. The molecule has 2 aromatic carbocycles. The van der Waals surface area contributed by atoms with Gasteiger partial charge in [-0.1, -0.05) is 91.0 Å². The van der Waals surface area contributed by atoms with Crippen LogP contribution < -0.4 is 0 Å². The van der Waals surface area contributed by atoms with Gasteiger partial charge in [-0.3, -0.25) is 9.78 Å². The Kier molecular flexibility index (Phi) is 12.5. The van der Waals surface area contributed by atoms with Gasteiger partial charge in [-0.2, -0.15) is 0 Å². The Morgan fingerprint density at radius 1 is 0.629 bits per heavy atom. The third-order valence-corrected chi connectivity index (χ3v) is 5.88. The molecule has 0 aliphatic rings. The van der Waals surface area contributed by atoms with Crippen molar-refractivity contribution in [3.05, 3.63) is 70.8 Å². The highest BCUT2D eigenvalue weighted by atomic mass is 17.3. The van der Waals surface area contributed by atoms with Gasteiger partial charge in [0.15, 0.2) is 0 Å². The molecule has 0 spiro atoms. The number of hydrogen-bond donors (Lipinski definition) is 0. The molecule has 6 heteroatoms. The molecule has 192 valence electrons. The molecule has 2 aromatic rings. The first-order valence-electron chi connectivity index (χ1n) is 12.8. The third kappa shape index (κ3) is 10.2. The summed E-state index contributed by atoms with van der Waals surface area (Å²) in [6.45, 7) is 10.5. The molecular formula is C29H40O6. The Labute approximate surface area is 209 Å². The summed E-state index contributed by atoms with van der Waals surface area (Å²) in [6, 6.07) is 14.3. The Bertz CT molecular complexity index is 819. The van der Waals surface area contributed by atoms with E-state index in [0.29, 0.717) is 29.4 Å². The minimum atomic E-state index is -1.01. The first-order valence-corrected chi connectivity index (χ1v) is 12.8. The van der Waals surface area contributed by atoms with Crippen LogP contribution in [0.5, 0.6) is 0 Å². The molecule has 6 nitrogen and oxygen atoms in total. The van der Waals surface area contributed by atoms with E-state index in [0.717, 1.165) is 30.4 Å². The molecule has 0 fully saturated rings. The van der Waals surface area contributed by atoms with Crippen LogP contribution in [-0.2, 0) is 19.6 Å². The van der Waals surface area contributed by atoms with E-state index in [1.807, 2.05) is 24.3 Å². The topological polar surface area (TPSA) is 71.1 Å². The van der Waals surface area contributed by atoms with Crippen molar-refractivity contribution in [3.8, 4) is 0 Å². The summed E-state index contributed by atoms with van der Waals surface area (Å²) in [5.74, 6) is -0.537. The second-order valence-corrected chi connectivity index (χ2v) is 9.47. The zero-order chi connectivity index (χ0) is 25.6. The SMILES string of the molecule is CCCCCCCCC(OOC(=O)c1ccc(C(C)C)cc1)OOC(=O)c1ccc(C(C)C)cc1. The highest BCUT2D eigenvalue weighted by molar-refractivity contribution is 5.89. The number of carbonyl (C=O) groups is 2. The Balaban J connectivity index is 1.91. The maximum absolute atomic E-state index is 12.4. The summed E-state index contributed by atoms with van der Waals surface area (Å²) in [7, 11) is 0. The van der Waals surface area contributed by atoms with Crippen LogP contribution >= 0.6 is 0 Å². The van der Waals surface area contributed by atoms with Gasteiger partial charge in [-0.05, 0) is 53.6 Å². The fraction of sp³-hybridized carbons (Fsp3) is 0.517. The second-order valence-electron chi connectivity index (χ2n) is 9.47. The van der Waals surface area contributed by atoms with Gasteiger partial charge in [0.25, 0.3) is 0 Å². The lowest BCUT2D eigenvalue weighted by Gasteiger charge is -2.15. The van der Waals surface area contributed by atoms with Crippen LogP contribution in [0.25, 0.3) is 0 Å². The van der Waals surface area contributed by atoms with E-state index < -0.39 is 18.2 Å². The summed E-state index contributed by atoms with van der Waals surface area (Å²) in [5.41, 5.74) is 2.99. The molecule has 0 heterocycles. The van der Waals surface area contributed by atoms with Gasteiger partial charge in [-0.15, -0.1) is 9.78 Å². The Morgan fingerprint density at radius 3 is 1.43 bits per heavy atom. The molecule has 0 unspecified atom stereocenters. The first-order chi connectivity index (χ1) is 16.8. The van der Waals surface area contributed by atoms with Crippen LogP contribution in [-0.4, -0.2) is 18.2 Å². The van der Waals surface area contributed by atoms with E-state index in [4.69, 9.17) is 19.6 Å². The molecule has 2 rings (SSSR count). The highest BCUT2D eigenvalue weighted by Gasteiger charge is 2.20. The maximum Gasteiger partial charge on any atom is 0.373 e. The van der Waals surface area contributed by atoms with E-state index >= 15 is 0 Å². The summed E-state index contributed by atoms with van der Waals surface area (Å²) in [5, 5.41) is 0. The predicted molar refractivity (Wildman–Crippen MR) is 136 cm³/mol. The molecule has 0 N–H and O–H groups in total.